The molecule has 21 heavy (non-hydrogen) atoms. The number of halogens is 1. The van der Waals surface area contributed by atoms with Crippen molar-refractivity contribution >= 4 is 16.5 Å². The van der Waals surface area contributed by atoms with E-state index in [1.54, 1.807) is 25.4 Å². The zero-order valence-electron chi connectivity index (χ0n) is 11.3. The van der Waals surface area contributed by atoms with Crippen LogP contribution in [0, 0.1) is 5.82 Å². The molecule has 0 unspecified atom stereocenters. The third-order valence-corrected chi connectivity index (χ3v) is 3.13. The first-order valence-electron chi connectivity index (χ1n) is 6.33. The predicted molar refractivity (Wildman–Crippen MR) is 79.2 cm³/mol. The molecule has 0 atom stereocenters. The molecule has 0 saturated carbocycles. The number of para-hydroxylation sites is 1. The number of pyridine rings is 1. The first-order valence-corrected chi connectivity index (χ1v) is 6.33. The molecule has 3 rings (SSSR count). The van der Waals surface area contributed by atoms with Crippen molar-refractivity contribution < 1.29 is 13.9 Å². The molecule has 1 aromatic heterocycles. The number of nitrogen functional groups attached to an aromatic ring is 1. The summed E-state index contributed by atoms with van der Waals surface area (Å²) in [6.45, 7) is 0. The lowest BCUT2D eigenvalue weighted by molar-refractivity contribution is 0.414. The fraction of sp³-hybridized carbons (Fsp3) is 0.0625. The van der Waals surface area contributed by atoms with Crippen LogP contribution < -0.4 is 15.2 Å². The average Bonchev–Trinajstić information content (AvgIpc) is 2.50. The predicted octanol–water partition coefficient (Wildman–Crippen LogP) is 3.76. The Morgan fingerprint density at radius 1 is 1.14 bits per heavy atom. The number of nitrogens with zero attached hydrogens (tertiary/aromatic N) is 1. The van der Waals surface area contributed by atoms with Gasteiger partial charge < -0.3 is 15.2 Å². The summed E-state index contributed by atoms with van der Waals surface area (Å²) in [4.78, 5) is 4.16. The van der Waals surface area contributed by atoms with Gasteiger partial charge in [0.2, 0.25) is 5.88 Å². The highest BCUT2D eigenvalue weighted by molar-refractivity contribution is 5.88. The van der Waals surface area contributed by atoms with Gasteiger partial charge in [-0.15, -0.1) is 0 Å². The molecule has 0 aliphatic carbocycles. The van der Waals surface area contributed by atoms with Crippen molar-refractivity contribution in [2.24, 2.45) is 0 Å². The van der Waals surface area contributed by atoms with Crippen molar-refractivity contribution in [3.05, 3.63) is 54.5 Å². The zero-order valence-corrected chi connectivity index (χ0v) is 11.3. The van der Waals surface area contributed by atoms with Gasteiger partial charge in [0, 0.05) is 11.6 Å². The molecule has 2 N–H and O–H groups in total. The average molecular weight is 284 g/mol. The van der Waals surface area contributed by atoms with Crippen LogP contribution in [0.3, 0.4) is 0 Å². The van der Waals surface area contributed by atoms with Crippen LogP contribution in [0.15, 0.2) is 48.7 Å². The van der Waals surface area contributed by atoms with Gasteiger partial charge in [-0.1, -0.05) is 12.1 Å². The van der Waals surface area contributed by atoms with Crippen LogP contribution in [-0.4, -0.2) is 12.1 Å². The Morgan fingerprint density at radius 2 is 2.00 bits per heavy atom. The monoisotopic (exact) mass is 284 g/mol. The third kappa shape index (κ3) is 2.45. The van der Waals surface area contributed by atoms with E-state index in [0.29, 0.717) is 5.75 Å². The van der Waals surface area contributed by atoms with E-state index < -0.39 is 5.82 Å². The van der Waals surface area contributed by atoms with Gasteiger partial charge in [-0.2, -0.15) is 0 Å². The van der Waals surface area contributed by atoms with Gasteiger partial charge in [0.1, 0.15) is 5.75 Å². The summed E-state index contributed by atoms with van der Waals surface area (Å²) in [6, 6.07) is 11.7. The molecular weight excluding hydrogens is 271 g/mol. The van der Waals surface area contributed by atoms with Crippen LogP contribution in [0.4, 0.5) is 10.1 Å². The van der Waals surface area contributed by atoms with Gasteiger partial charge in [0.25, 0.3) is 0 Å². The number of benzene rings is 2. The van der Waals surface area contributed by atoms with Gasteiger partial charge in [0.05, 0.1) is 12.8 Å². The van der Waals surface area contributed by atoms with Gasteiger partial charge >= 0.3 is 0 Å². The summed E-state index contributed by atoms with van der Waals surface area (Å²) in [7, 11) is 1.58. The molecular formula is C16H13FN2O2. The summed E-state index contributed by atoms with van der Waals surface area (Å²) < 4.78 is 24.6. The molecule has 0 fully saturated rings. The molecule has 106 valence electrons. The van der Waals surface area contributed by atoms with Gasteiger partial charge in [-0.3, -0.25) is 0 Å². The molecule has 3 aromatic rings. The minimum absolute atomic E-state index is 0.0275. The van der Waals surface area contributed by atoms with E-state index in [9.17, 15) is 4.39 Å². The van der Waals surface area contributed by atoms with Gasteiger partial charge in [0.15, 0.2) is 11.6 Å². The van der Waals surface area contributed by atoms with E-state index in [4.69, 9.17) is 15.2 Å². The standard InChI is InChI=1S/C16H13FN2O2/c1-20-11-6-5-10-7-8-19-16(12(10)9-11)21-15-13(17)3-2-4-14(15)18/h2-9H,18H2,1H3. The number of rotatable bonds is 3. The Hall–Kier alpha value is -2.82. The summed E-state index contributed by atoms with van der Waals surface area (Å²) in [5.41, 5.74) is 5.97. The molecule has 1 heterocycles. The van der Waals surface area contributed by atoms with Gasteiger partial charge in [-0.05, 0) is 35.7 Å². The van der Waals surface area contributed by atoms with Crippen LogP contribution in [0.1, 0.15) is 0 Å². The van der Waals surface area contributed by atoms with Crippen molar-refractivity contribution in [1.29, 1.82) is 0 Å². The lowest BCUT2D eigenvalue weighted by Crippen LogP contribution is -1.97. The van der Waals surface area contributed by atoms with Crippen molar-refractivity contribution in [2.45, 2.75) is 0 Å². The van der Waals surface area contributed by atoms with Crippen molar-refractivity contribution in [3.63, 3.8) is 0 Å². The highest BCUT2D eigenvalue weighted by Gasteiger charge is 2.12. The first-order chi connectivity index (χ1) is 10.2. The summed E-state index contributed by atoms with van der Waals surface area (Å²) in [5, 5.41) is 1.63. The van der Waals surface area contributed by atoms with Crippen LogP contribution in [0.2, 0.25) is 0 Å². The molecule has 4 nitrogen and oxygen atoms in total. The number of anilines is 1. The second kappa shape index (κ2) is 5.28. The lowest BCUT2D eigenvalue weighted by atomic mass is 10.1. The van der Waals surface area contributed by atoms with E-state index in [1.807, 2.05) is 18.2 Å². The van der Waals surface area contributed by atoms with E-state index >= 15 is 0 Å². The van der Waals surface area contributed by atoms with E-state index in [1.165, 1.54) is 12.1 Å². The Bertz CT molecular complexity index is 785. The summed E-state index contributed by atoms with van der Waals surface area (Å²) >= 11 is 0. The van der Waals surface area contributed by atoms with E-state index in [2.05, 4.69) is 4.98 Å². The van der Waals surface area contributed by atoms with Crippen LogP contribution in [-0.2, 0) is 0 Å². The third-order valence-electron chi connectivity index (χ3n) is 3.13. The van der Waals surface area contributed by atoms with Crippen LogP contribution >= 0.6 is 0 Å². The molecule has 2 aromatic carbocycles. The van der Waals surface area contributed by atoms with E-state index in [0.717, 1.165) is 10.8 Å². The Labute approximate surface area is 120 Å². The topological polar surface area (TPSA) is 57.4 Å². The fourth-order valence-electron chi connectivity index (χ4n) is 2.06. The second-order valence-corrected chi connectivity index (χ2v) is 4.46. The number of hydrogen-bond acceptors (Lipinski definition) is 4. The highest BCUT2D eigenvalue weighted by atomic mass is 19.1. The molecule has 0 aliphatic rings. The number of aromatic nitrogens is 1. The number of fused-ring (bicyclic) bond motifs is 1. The minimum atomic E-state index is -0.531. The summed E-state index contributed by atoms with van der Waals surface area (Å²) in [6.07, 6.45) is 1.60. The molecule has 5 heteroatoms. The minimum Gasteiger partial charge on any atom is -0.497 e. The maximum absolute atomic E-state index is 13.8. The Kier molecular flexibility index (Phi) is 3.31. The van der Waals surface area contributed by atoms with Crippen LogP contribution in [0.25, 0.3) is 10.8 Å². The quantitative estimate of drug-likeness (QED) is 0.744. The van der Waals surface area contributed by atoms with Crippen LogP contribution in [0.5, 0.6) is 17.4 Å². The Balaban J connectivity index is 2.12. The van der Waals surface area contributed by atoms with Crippen molar-refractivity contribution in [2.75, 3.05) is 12.8 Å². The molecule has 0 radical (unpaired) electrons. The summed E-state index contributed by atoms with van der Waals surface area (Å²) in [5.74, 6) is 0.391. The molecule has 0 spiro atoms. The number of methoxy groups -OCH3 is 1. The van der Waals surface area contributed by atoms with Crippen molar-refractivity contribution in [1.82, 2.24) is 4.98 Å². The maximum atomic E-state index is 13.8. The number of nitrogens with two attached hydrogens (primary N) is 1. The molecule has 0 bridgehead atoms. The van der Waals surface area contributed by atoms with Crippen molar-refractivity contribution in [3.8, 4) is 17.4 Å². The second-order valence-electron chi connectivity index (χ2n) is 4.46. The molecule has 0 saturated heterocycles. The smallest absolute Gasteiger partial charge is 0.227 e. The Morgan fingerprint density at radius 3 is 2.76 bits per heavy atom. The van der Waals surface area contributed by atoms with E-state index in [-0.39, 0.29) is 17.3 Å². The lowest BCUT2D eigenvalue weighted by Gasteiger charge is -2.11. The number of hydrogen-bond donors (Lipinski definition) is 1. The molecule has 0 aliphatic heterocycles. The normalized spacial score (nSPS) is 10.6. The zero-order chi connectivity index (χ0) is 14.8. The largest absolute Gasteiger partial charge is 0.497 e. The number of ether oxygens (including phenoxy) is 2. The first kappa shape index (κ1) is 13.2. The maximum Gasteiger partial charge on any atom is 0.227 e. The SMILES string of the molecule is COc1ccc2ccnc(Oc3c(N)cccc3F)c2c1. The molecule has 0 amide bonds. The highest BCUT2D eigenvalue weighted by Crippen LogP contribution is 2.34. The fourth-order valence-corrected chi connectivity index (χ4v) is 2.06. The van der Waals surface area contributed by atoms with Gasteiger partial charge in [-0.25, -0.2) is 9.37 Å².